The maximum atomic E-state index is 12.6. The van der Waals surface area contributed by atoms with Gasteiger partial charge in [-0.05, 0) is 60.4 Å². The number of likely N-dealkylation sites (tertiary alicyclic amines) is 1. The van der Waals surface area contributed by atoms with Gasteiger partial charge in [-0.1, -0.05) is 56.3 Å². The fraction of sp³-hybridized carbons (Fsp3) is 0.481. The van der Waals surface area contributed by atoms with Crippen LogP contribution in [0.5, 0.6) is 5.75 Å². The topological polar surface area (TPSA) is 102 Å². The third kappa shape index (κ3) is 7.22. The number of rotatable bonds is 10. The molecular weight excluding hydrogens is 430 g/mol. The van der Waals surface area contributed by atoms with Crippen molar-refractivity contribution in [3.63, 3.8) is 0 Å². The summed E-state index contributed by atoms with van der Waals surface area (Å²) in [6.45, 7) is 7.39. The number of carbonyl (C=O) groups excluding carboxylic acids is 1. The second-order valence-corrected chi connectivity index (χ2v) is 9.67. The van der Waals surface area contributed by atoms with E-state index < -0.39 is 6.09 Å². The van der Waals surface area contributed by atoms with Gasteiger partial charge in [0.05, 0.1) is 0 Å². The summed E-state index contributed by atoms with van der Waals surface area (Å²) >= 11 is 0. The van der Waals surface area contributed by atoms with Gasteiger partial charge in [0.25, 0.3) is 0 Å². The average Bonchev–Trinajstić information content (AvgIpc) is 2.80. The molecule has 184 valence electrons. The molecule has 1 saturated heterocycles. The number of nitrogens with one attached hydrogen (secondary N) is 2. The number of amides is 2. The standard InChI is InChI=1S/C27H37N3O4/c1-20-18-30(15-13-27(20,2)22-10-6-11-24(31)17-22)19-23(16-21-8-4-3-5-9-21)29-25(32)12-7-14-28-26(33)34/h3-6,8-11,17,20,23,28,31H,7,12-16,18-19H2,1-2H3,(H,29,32)(H,33,34)/t20-,23?,27-/m0/s1. The van der Waals surface area contributed by atoms with Crippen LogP contribution >= 0.6 is 0 Å². The quantitative estimate of drug-likeness (QED) is 0.399. The summed E-state index contributed by atoms with van der Waals surface area (Å²) in [6.07, 6.45) is 1.41. The molecule has 1 heterocycles. The molecule has 7 nitrogen and oxygen atoms in total. The molecule has 0 bridgehead atoms. The molecule has 3 rings (SSSR count). The Hall–Kier alpha value is -3.06. The van der Waals surface area contributed by atoms with Crippen LogP contribution in [0.1, 0.15) is 44.2 Å². The van der Waals surface area contributed by atoms with E-state index >= 15 is 0 Å². The van der Waals surface area contributed by atoms with E-state index in [0.29, 0.717) is 18.1 Å². The second-order valence-electron chi connectivity index (χ2n) is 9.67. The maximum Gasteiger partial charge on any atom is 0.404 e. The summed E-state index contributed by atoms with van der Waals surface area (Å²) in [5.41, 5.74) is 2.34. The van der Waals surface area contributed by atoms with Crippen LogP contribution in [0.25, 0.3) is 0 Å². The molecule has 0 spiro atoms. The fourth-order valence-corrected chi connectivity index (χ4v) is 4.89. The van der Waals surface area contributed by atoms with Crippen LogP contribution in [0.3, 0.4) is 0 Å². The molecule has 2 aromatic rings. The van der Waals surface area contributed by atoms with Gasteiger partial charge in [0.2, 0.25) is 5.91 Å². The summed E-state index contributed by atoms with van der Waals surface area (Å²) in [6, 6.07) is 17.7. The van der Waals surface area contributed by atoms with Crippen LogP contribution in [0.4, 0.5) is 4.79 Å². The van der Waals surface area contributed by atoms with Crippen LogP contribution in [-0.4, -0.2) is 59.3 Å². The molecule has 34 heavy (non-hydrogen) atoms. The summed E-state index contributed by atoms with van der Waals surface area (Å²) in [5, 5.41) is 24.1. The number of aromatic hydroxyl groups is 1. The highest BCUT2D eigenvalue weighted by molar-refractivity contribution is 5.76. The SMILES string of the molecule is C[C@H]1CN(CC(Cc2ccccc2)NC(=O)CCCNC(=O)O)CC[C@]1(C)c1cccc(O)c1. The van der Waals surface area contributed by atoms with Gasteiger partial charge in [-0.25, -0.2) is 4.79 Å². The molecule has 2 aromatic carbocycles. The monoisotopic (exact) mass is 467 g/mol. The first-order valence-electron chi connectivity index (χ1n) is 12.1. The number of hydrogen-bond acceptors (Lipinski definition) is 4. The molecule has 1 unspecified atom stereocenters. The van der Waals surface area contributed by atoms with Gasteiger partial charge in [0, 0.05) is 32.1 Å². The van der Waals surface area contributed by atoms with Gasteiger partial charge in [0.1, 0.15) is 5.75 Å². The highest BCUT2D eigenvalue weighted by atomic mass is 16.4. The molecule has 2 amide bonds. The van der Waals surface area contributed by atoms with Crippen molar-refractivity contribution in [2.75, 3.05) is 26.2 Å². The van der Waals surface area contributed by atoms with Gasteiger partial charge in [0.15, 0.2) is 0 Å². The van der Waals surface area contributed by atoms with Gasteiger partial charge in [-0.15, -0.1) is 0 Å². The molecule has 7 heteroatoms. The van der Waals surface area contributed by atoms with Crippen molar-refractivity contribution in [1.29, 1.82) is 0 Å². The van der Waals surface area contributed by atoms with Crippen molar-refractivity contribution in [2.24, 2.45) is 5.92 Å². The van der Waals surface area contributed by atoms with E-state index in [0.717, 1.165) is 32.5 Å². The Morgan fingerprint density at radius 3 is 2.62 bits per heavy atom. The highest BCUT2D eigenvalue weighted by Gasteiger charge is 2.38. The summed E-state index contributed by atoms with van der Waals surface area (Å²) < 4.78 is 0. The van der Waals surface area contributed by atoms with E-state index in [-0.39, 0.29) is 30.3 Å². The number of nitrogens with zero attached hydrogens (tertiary/aromatic N) is 1. The zero-order valence-electron chi connectivity index (χ0n) is 20.2. The van der Waals surface area contributed by atoms with Gasteiger partial charge in [-0.2, -0.15) is 0 Å². The third-order valence-corrected chi connectivity index (χ3v) is 7.10. The van der Waals surface area contributed by atoms with Crippen LogP contribution in [0.15, 0.2) is 54.6 Å². The van der Waals surface area contributed by atoms with E-state index in [9.17, 15) is 14.7 Å². The normalized spacial score (nSPS) is 21.5. The van der Waals surface area contributed by atoms with Gasteiger partial charge in [-0.3, -0.25) is 4.79 Å². The van der Waals surface area contributed by atoms with E-state index in [1.54, 1.807) is 6.07 Å². The Bertz CT molecular complexity index is 952. The Morgan fingerprint density at radius 1 is 1.18 bits per heavy atom. The van der Waals surface area contributed by atoms with E-state index in [1.165, 1.54) is 11.1 Å². The summed E-state index contributed by atoms with van der Waals surface area (Å²) in [5.74, 6) is 0.638. The number of benzene rings is 2. The Labute approximate surface area is 202 Å². The number of phenols is 1. The lowest BCUT2D eigenvalue weighted by Crippen LogP contribution is -2.52. The highest BCUT2D eigenvalue weighted by Crippen LogP contribution is 2.40. The molecule has 1 aliphatic heterocycles. The largest absolute Gasteiger partial charge is 0.508 e. The van der Waals surface area contributed by atoms with Crippen LogP contribution < -0.4 is 10.6 Å². The lowest BCUT2D eigenvalue weighted by atomic mass is 9.68. The van der Waals surface area contributed by atoms with Crippen molar-refractivity contribution in [2.45, 2.75) is 51.0 Å². The molecule has 0 aromatic heterocycles. The number of carboxylic acid groups (broad SMARTS) is 1. The van der Waals surface area contributed by atoms with Crippen LogP contribution in [0, 0.1) is 5.92 Å². The molecule has 1 aliphatic rings. The molecule has 4 N–H and O–H groups in total. The number of phenolic OH excluding ortho intramolecular Hbond substituents is 1. The first-order valence-corrected chi connectivity index (χ1v) is 12.1. The van der Waals surface area contributed by atoms with Crippen molar-refractivity contribution in [1.82, 2.24) is 15.5 Å². The minimum atomic E-state index is -1.07. The summed E-state index contributed by atoms with van der Waals surface area (Å²) in [4.78, 5) is 25.6. The first-order chi connectivity index (χ1) is 16.3. The first kappa shape index (κ1) is 25.6. The van der Waals surface area contributed by atoms with Crippen LogP contribution in [0.2, 0.25) is 0 Å². The number of piperidine rings is 1. The molecular formula is C27H37N3O4. The molecule has 0 radical (unpaired) electrons. The number of carbonyl (C=O) groups is 2. The minimum absolute atomic E-state index is 0.00937. The van der Waals surface area contributed by atoms with E-state index in [1.807, 2.05) is 30.3 Å². The van der Waals surface area contributed by atoms with Crippen molar-refractivity contribution in [3.8, 4) is 5.75 Å². The molecule has 0 saturated carbocycles. The molecule has 3 atom stereocenters. The van der Waals surface area contributed by atoms with Crippen molar-refractivity contribution < 1.29 is 19.8 Å². The van der Waals surface area contributed by atoms with E-state index in [4.69, 9.17) is 5.11 Å². The van der Waals surface area contributed by atoms with Crippen LogP contribution in [-0.2, 0) is 16.6 Å². The maximum absolute atomic E-state index is 12.6. The smallest absolute Gasteiger partial charge is 0.404 e. The minimum Gasteiger partial charge on any atom is -0.508 e. The lowest BCUT2D eigenvalue weighted by molar-refractivity contribution is -0.122. The summed E-state index contributed by atoms with van der Waals surface area (Å²) in [7, 11) is 0. The van der Waals surface area contributed by atoms with Gasteiger partial charge < -0.3 is 25.7 Å². The Balaban J connectivity index is 1.61. The molecule has 0 aliphatic carbocycles. The van der Waals surface area contributed by atoms with E-state index in [2.05, 4.69) is 47.6 Å². The zero-order chi connectivity index (χ0) is 24.6. The second kappa shape index (κ2) is 11.9. The van der Waals surface area contributed by atoms with Crippen molar-refractivity contribution >= 4 is 12.0 Å². The zero-order valence-corrected chi connectivity index (χ0v) is 20.2. The number of hydrogen-bond donors (Lipinski definition) is 4. The third-order valence-electron chi connectivity index (χ3n) is 7.10. The predicted molar refractivity (Wildman–Crippen MR) is 133 cm³/mol. The Morgan fingerprint density at radius 2 is 1.94 bits per heavy atom. The predicted octanol–water partition coefficient (Wildman–Crippen LogP) is 3.77. The Kier molecular flexibility index (Phi) is 8.93. The fourth-order valence-electron chi connectivity index (χ4n) is 4.89. The molecule has 1 fully saturated rings. The van der Waals surface area contributed by atoms with Gasteiger partial charge >= 0.3 is 6.09 Å². The lowest BCUT2D eigenvalue weighted by Gasteiger charge is -2.46. The average molecular weight is 468 g/mol. The van der Waals surface area contributed by atoms with Crippen molar-refractivity contribution in [3.05, 3.63) is 65.7 Å².